The third-order valence-electron chi connectivity index (χ3n) is 4.53. The highest BCUT2D eigenvalue weighted by Crippen LogP contribution is 2.36. The monoisotopic (exact) mass is 355 g/mol. The van der Waals surface area contributed by atoms with Crippen molar-refractivity contribution in [2.75, 3.05) is 0 Å². The number of thioether (sulfide) groups is 1. The topological polar surface area (TPSA) is 105 Å². The van der Waals surface area contributed by atoms with Crippen molar-refractivity contribution in [3.05, 3.63) is 20.8 Å². The van der Waals surface area contributed by atoms with Gasteiger partial charge in [-0.15, -0.1) is 0 Å². The molecule has 24 heavy (non-hydrogen) atoms. The van der Waals surface area contributed by atoms with E-state index in [4.69, 9.17) is 4.74 Å². The normalized spacial score (nSPS) is 25.5. The second-order valence-electron chi connectivity index (χ2n) is 6.87. The SMILES string of the molecule is CC1CCC(C(C)C)C(OC(=O)C(C)Sc2n[nH]c(=O)[nH]c2=O)C1. The fourth-order valence-corrected chi connectivity index (χ4v) is 3.87. The zero-order valence-electron chi connectivity index (χ0n) is 14.5. The number of rotatable bonds is 5. The van der Waals surface area contributed by atoms with Gasteiger partial charge in [0.25, 0.3) is 5.56 Å². The molecule has 134 valence electrons. The first kappa shape index (κ1) is 18.8. The van der Waals surface area contributed by atoms with Gasteiger partial charge < -0.3 is 4.74 Å². The standard InChI is InChI=1S/C16H25N3O4S/c1-8(2)11-6-5-9(3)7-12(11)23-15(21)10(4)24-14-13(20)17-16(22)19-18-14/h8-12H,5-7H2,1-4H3,(H2,17,19,20,22). The van der Waals surface area contributed by atoms with Gasteiger partial charge >= 0.3 is 11.7 Å². The van der Waals surface area contributed by atoms with E-state index in [0.717, 1.165) is 31.0 Å². The largest absolute Gasteiger partial charge is 0.461 e. The first-order valence-electron chi connectivity index (χ1n) is 8.34. The number of H-pyrrole nitrogens is 2. The smallest absolute Gasteiger partial charge is 0.342 e. The molecule has 1 aromatic heterocycles. The van der Waals surface area contributed by atoms with Crippen molar-refractivity contribution in [1.29, 1.82) is 0 Å². The highest BCUT2D eigenvalue weighted by Gasteiger charge is 2.34. The predicted octanol–water partition coefficient (Wildman–Crippen LogP) is 1.94. The van der Waals surface area contributed by atoms with Crippen molar-refractivity contribution >= 4 is 17.7 Å². The molecule has 2 rings (SSSR count). The second-order valence-corrected chi connectivity index (χ2v) is 8.20. The van der Waals surface area contributed by atoms with Crippen molar-refractivity contribution < 1.29 is 9.53 Å². The number of nitrogens with zero attached hydrogens (tertiary/aromatic N) is 1. The zero-order valence-corrected chi connectivity index (χ0v) is 15.3. The van der Waals surface area contributed by atoms with Gasteiger partial charge in [-0.25, -0.2) is 9.89 Å². The summed E-state index contributed by atoms with van der Waals surface area (Å²) < 4.78 is 5.76. The van der Waals surface area contributed by atoms with Crippen LogP contribution in [-0.2, 0) is 9.53 Å². The molecule has 0 aliphatic heterocycles. The van der Waals surface area contributed by atoms with Crippen LogP contribution in [0, 0.1) is 17.8 Å². The van der Waals surface area contributed by atoms with E-state index in [1.54, 1.807) is 6.92 Å². The Morgan fingerprint density at radius 3 is 2.62 bits per heavy atom. The first-order valence-corrected chi connectivity index (χ1v) is 9.22. The van der Waals surface area contributed by atoms with E-state index in [-0.39, 0.29) is 17.1 Å². The van der Waals surface area contributed by atoms with Gasteiger partial charge in [0, 0.05) is 0 Å². The summed E-state index contributed by atoms with van der Waals surface area (Å²) >= 11 is 0.986. The number of nitrogens with one attached hydrogen (secondary N) is 2. The molecule has 1 aromatic rings. The van der Waals surface area contributed by atoms with E-state index in [2.05, 4.69) is 36.0 Å². The number of hydrogen-bond donors (Lipinski definition) is 2. The number of carbonyl (C=O) groups excluding carboxylic acids is 1. The maximum absolute atomic E-state index is 12.4. The maximum atomic E-state index is 12.4. The Bertz CT molecular complexity index is 684. The fraction of sp³-hybridized carbons (Fsp3) is 0.750. The number of carbonyl (C=O) groups is 1. The molecule has 2 N–H and O–H groups in total. The zero-order chi connectivity index (χ0) is 17.9. The molecule has 0 bridgehead atoms. The molecule has 1 aliphatic carbocycles. The minimum Gasteiger partial charge on any atom is -0.461 e. The third kappa shape index (κ3) is 4.72. The summed E-state index contributed by atoms with van der Waals surface area (Å²) in [5, 5.41) is 5.31. The molecule has 1 aliphatic rings. The van der Waals surface area contributed by atoms with Crippen LogP contribution in [-0.4, -0.2) is 32.5 Å². The van der Waals surface area contributed by atoms with Gasteiger partial charge in [0.15, 0.2) is 5.03 Å². The molecular formula is C16H25N3O4S. The Morgan fingerprint density at radius 2 is 2.00 bits per heavy atom. The average Bonchev–Trinajstić information content (AvgIpc) is 2.49. The van der Waals surface area contributed by atoms with Gasteiger partial charge in [-0.1, -0.05) is 39.0 Å². The molecular weight excluding hydrogens is 330 g/mol. The molecule has 1 heterocycles. The van der Waals surface area contributed by atoms with Crippen LogP contribution in [0.15, 0.2) is 14.6 Å². The number of aromatic nitrogens is 3. The average molecular weight is 355 g/mol. The third-order valence-corrected chi connectivity index (χ3v) is 5.58. The summed E-state index contributed by atoms with van der Waals surface area (Å²) in [4.78, 5) is 37.1. The summed E-state index contributed by atoms with van der Waals surface area (Å²) in [5.41, 5.74) is -1.27. The number of ether oxygens (including phenoxy) is 1. The first-order chi connectivity index (χ1) is 11.3. The van der Waals surface area contributed by atoms with Gasteiger partial charge in [-0.2, -0.15) is 5.10 Å². The Hall–Kier alpha value is -1.57. The summed E-state index contributed by atoms with van der Waals surface area (Å²) in [6.07, 6.45) is 3.03. The van der Waals surface area contributed by atoms with Crippen LogP contribution < -0.4 is 11.2 Å². The van der Waals surface area contributed by atoms with E-state index < -0.39 is 16.5 Å². The van der Waals surface area contributed by atoms with Gasteiger partial charge in [0.05, 0.1) is 0 Å². The summed E-state index contributed by atoms with van der Waals surface area (Å²) in [5.74, 6) is 1.03. The number of esters is 1. The lowest BCUT2D eigenvalue weighted by Gasteiger charge is -2.37. The van der Waals surface area contributed by atoms with Crippen LogP contribution in [0.5, 0.6) is 0 Å². The quantitative estimate of drug-likeness (QED) is 0.618. The Kier molecular flexibility index (Phi) is 6.26. The number of hydrogen-bond acceptors (Lipinski definition) is 6. The van der Waals surface area contributed by atoms with Crippen LogP contribution in [0.2, 0.25) is 0 Å². The van der Waals surface area contributed by atoms with Gasteiger partial charge in [0.1, 0.15) is 11.4 Å². The molecule has 4 unspecified atom stereocenters. The van der Waals surface area contributed by atoms with Crippen molar-refractivity contribution in [3.63, 3.8) is 0 Å². The molecule has 1 saturated carbocycles. The lowest BCUT2D eigenvalue weighted by molar-refractivity contribution is -0.154. The molecule has 7 nitrogen and oxygen atoms in total. The second kappa shape index (κ2) is 8.00. The van der Waals surface area contributed by atoms with Crippen molar-refractivity contribution in [1.82, 2.24) is 15.2 Å². The lowest BCUT2D eigenvalue weighted by atomic mass is 9.75. The van der Waals surface area contributed by atoms with Crippen LogP contribution in [0.1, 0.15) is 47.0 Å². The van der Waals surface area contributed by atoms with E-state index in [0.29, 0.717) is 17.8 Å². The van der Waals surface area contributed by atoms with Crippen molar-refractivity contribution in [3.8, 4) is 0 Å². The van der Waals surface area contributed by atoms with E-state index >= 15 is 0 Å². The number of aromatic amines is 2. The molecule has 0 spiro atoms. The highest BCUT2D eigenvalue weighted by molar-refractivity contribution is 8.00. The Morgan fingerprint density at radius 1 is 1.29 bits per heavy atom. The Balaban J connectivity index is 2.01. The minimum absolute atomic E-state index is 0.0523. The predicted molar refractivity (Wildman–Crippen MR) is 92.0 cm³/mol. The van der Waals surface area contributed by atoms with Crippen LogP contribution in [0.25, 0.3) is 0 Å². The fourth-order valence-electron chi connectivity index (χ4n) is 3.13. The molecule has 0 aromatic carbocycles. The molecule has 1 fully saturated rings. The van der Waals surface area contributed by atoms with Crippen molar-refractivity contribution in [2.45, 2.75) is 63.3 Å². The summed E-state index contributed by atoms with van der Waals surface area (Å²) in [7, 11) is 0. The van der Waals surface area contributed by atoms with E-state index in [9.17, 15) is 14.4 Å². The van der Waals surface area contributed by atoms with Crippen molar-refractivity contribution in [2.24, 2.45) is 17.8 Å². The van der Waals surface area contributed by atoms with Gasteiger partial charge in [0.2, 0.25) is 0 Å². The Labute approximate surface area is 145 Å². The van der Waals surface area contributed by atoms with Gasteiger partial charge in [-0.05, 0) is 37.5 Å². The maximum Gasteiger partial charge on any atom is 0.342 e. The highest BCUT2D eigenvalue weighted by atomic mass is 32.2. The van der Waals surface area contributed by atoms with Crippen LogP contribution in [0.3, 0.4) is 0 Å². The molecule has 8 heteroatoms. The molecule has 0 radical (unpaired) electrons. The summed E-state index contributed by atoms with van der Waals surface area (Å²) in [6.45, 7) is 8.17. The summed E-state index contributed by atoms with van der Waals surface area (Å²) in [6, 6.07) is 0. The molecule has 4 atom stereocenters. The van der Waals surface area contributed by atoms with Crippen LogP contribution in [0.4, 0.5) is 0 Å². The van der Waals surface area contributed by atoms with E-state index in [1.807, 2.05) is 0 Å². The van der Waals surface area contributed by atoms with Crippen LogP contribution >= 0.6 is 11.8 Å². The minimum atomic E-state index is -0.671. The van der Waals surface area contributed by atoms with E-state index in [1.165, 1.54) is 0 Å². The van der Waals surface area contributed by atoms with Gasteiger partial charge in [-0.3, -0.25) is 14.6 Å². The lowest BCUT2D eigenvalue weighted by Crippen LogP contribution is -2.37. The molecule has 0 saturated heterocycles. The molecule has 0 amide bonds.